The van der Waals surface area contributed by atoms with E-state index >= 15 is 0 Å². The van der Waals surface area contributed by atoms with Gasteiger partial charge in [0.25, 0.3) is 0 Å². The molecule has 2 unspecified atom stereocenters. The molecule has 2 atom stereocenters. The van der Waals surface area contributed by atoms with E-state index in [-0.39, 0.29) is 11.3 Å². The Morgan fingerprint density at radius 1 is 1.33 bits per heavy atom. The summed E-state index contributed by atoms with van der Waals surface area (Å²) in [5, 5.41) is 8.79. The lowest BCUT2D eigenvalue weighted by Gasteiger charge is -2.15. The molecule has 0 aliphatic rings. The quantitative estimate of drug-likeness (QED) is 0.818. The predicted molar refractivity (Wildman–Crippen MR) is 53.2 cm³/mol. The zero-order valence-corrected chi connectivity index (χ0v) is 9.05. The molecule has 0 fully saturated rings. The van der Waals surface area contributed by atoms with Crippen LogP contribution >= 0.6 is 11.6 Å². The fourth-order valence-electron chi connectivity index (χ4n) is 1.17. The standard InChI is InChI=1S/C10H11ClF2O2/c1-5(11)10(14)6-3-8(13)9(15-2)4-7(6)12/h3-5,10,14H,1-2H3. The third-order valence-electron chi connectivity index (χ3n) is 2.02. The van der Waals surface area contributed by atoms with Gasteiger partial charge in [0.05, 0.1) is 18.6 Å². The van der Waals surface area contributed by atoms with Gasteiger partial charge in [0.1, 0.15) is 5.82 Å². The van der Waals surface area contributed by atoms with Gasteiger partial charge in [-0.3, -0.25) is 0 Å². The molecule has 0 heterocycles. The second-order valence-corrected chi connectivity index (χ2v) is 3.82. The molecule has 0 saturated carbocycles. The van der Waals surface area contributed by atoms with Gasteiger partial charge in [-0.15, -0.1) is 11.6 Å². The normalized spacial score (nSPS) is 14.8. The van der Waals surface area contributed by atoms with Gasteiger partial charge in [-0.1, -0.05) is 0 Å². The van der Waals surface area contributed by atoms with Crippen LogP contribution in [0.15, 0.2) is 12.1 Å². The van der Waals surface area contributed by atoms with Gasteiger partial charge in [-0.05, 0) is 13.0 Å². The summed E-state index contributed by atoms with van der Waals surface area (Å²) in [5.74, 6) is -1.68. The summed E-state index contributed by atoms with van der Waals surface area (Å²) >= 11 is 5.59. The maximum absolute atomic E-state index is 13.4. The highest BCUT2D eigenvalue weighted by atomic mass is 35.5. The Labute approximate surface area is 91.4 Å². The van der Waals surface area contributed by atoms with Gasteiger partial charge < -0.3 is 9.84 Å². The van der Waals surface area contributed by atoms with Crippen LogP contribution in [-0.2, 0) is 0 Å². The summed E-state index contributed by atoms with van der Waals surface area (Å²) in [7, 11) is 1.23. The molecular weight excluding hydrogens is 226 g/mol. The van der Waals surface area contributed by atoms with E-state index in [9.17, 15) is 13.9 Å². The number of benzene rings is 1. The zero-order valence-electron chi connectivity index (χ0n) is 8.30. The molecule has 1 aromatic rings. The third kappa shape index (κ3) is 2.58. The van der Waals surface area contributed by atoms with E-state index in [1.165, 1.54) is 14.0 Å². The lowest BCUT2D eigenvalue weighted by atomic mass is 10.1. The van der Waals surface area contributed by atoms with Crippen molar-refractivity contribution in [3.8, 4) is 5.75 Å². The van der Waals surface area contributed by atoms with Gasteiger partial charge in [0, 0.05) is 11.6 Å². The maximum Gasteiger partial charge on any atom is 0.165 e. The van der Waals surface area contributed by atoms with Crippen molar-refractivity contribution < 1.29 is 18.6 Å². The van der Waals surface area contributed by atoms with Gasteiger partial charge in [-0.25, -0.2) is 8.78 Å². The van der Waals surface area contributed by atoms with Crippen LogP contribution < -0.4 is 4.74 Å². The molecule has 0 saturated heterocycles. The molecule has 0 aliphatic heterocycles. The fourth-order valence-corrected chi connectivity index (χ4v) is 1.31. The first kappa shape index (κ1) is 12.2. The summed E-state index contributed by atoms with van der Waals surface area (Å²) in [6.07, 6.45) is -1.24. The zero-order chi connectivity index (χ0) is 11.6. The summed E-state index contributed by atoms with van der Waals surface area (Å²) < 4.78 is 31.2. The minimum absolute atomic E-state index is 0.171. The minimum Gasteiger partial charge on any atom is -0.494 e. The van der Waals surface area contributed by atoms with Gasteiger partial charge in [0.2, 0.25) is 0 Å². The number of ether oxygens (including phenoxy) is 1. The topological polar surface area (TPSA) is 29.5 Å². The number of aliphatic hydroxyl groups excluding tert-OH is 1. The van der Waals surface area contributed by atoms with Crippen molar-refractivity contribution in [2.45, 2.75) is 18.4 Å². The first-order chi connectivity index (χ1) is 6.97. The average Bonchev–Trinajstić information content (AvgIpc) is 2.19. The molecule has 0 aliphatic carbocycles. The Hall–Kier alpha value is -0.870. The Bertz CT molecular complexity index is 356. The van der Waals surface area contributed by atoms with Crippen molar-refractivity contribution in [3.63, 3.8) is 0 Å². The second kappa shape index (κ2) is 4.77. The lowest BCUT2D eigenvalue weighted by molar-refractivity contribution is 0.171. The number of aliphatic hydroxyl groups is 1. The monoisotopic (exact) mass is 236 g/mol. The van der Waals surface area contributed by atoms with Crippen LogP contribution in [0.5, 0.6) is 5.75 Å². The highest BCUT2D eigenvalue weighted by molar-refractivity contribution is 6.20. The predicted octanol–water partition coefficient (Wildman–Crippen LogP) is 2.63. The minimum atomic E-state index is -1.24. The van der Waals surface area contributed by atoms with E-state index < -0.39 is 23.1 Å². The number of methoxy groups -OCH3 is 1. The molecule has 1 rings (SSSR count). The van der Waals surface area contributed by atoms with Crippen LogP contribution in [0.2, 0.25) is 0 Å². The number of halogens is 3. The van der Waals surface area contributed by atoms with E-state index in [0.29, 0.717) is 0 Å². The Morgan fingerprint density at radius 3 is 2.40 bits per heavy atom. The maximum atomic E-state index is 13.4. The van der Waals surface area contributed by atoms with Crippen LogP contribution in [-0.4, -0.2) is 17.6 Å². The summed E-state index contributed by atoms with van der Waals surface area (Å²) in [6, 6.07) is 1.77. The van der Waals surface area contributed by atoms with Crippen LogP contribution in [0.4, 0.5) is 8.78 Å². The smallest absolute Gasteiger partial charge is 0.165 e. The highest BCUT2D eigenvalue weighted by Crippen LogP contribution is 2.28. The largest absolute Gasteiger partial charge is 0.494 e. The summed E-state index contributed by atoms with van der Waals surface area (Å²) in [6.45, 7) is 1.49. The molecule has 1 N–H and O–H groups in total. The highest BCUT2D eigenvalue weighted by Gasteiger charge is 2.20. The lowest BCUT2D eigenvalue weighted by Crippen LogP contribution is -2.11. The van der Waals surface area contributed by atoms with Crippen molar-refractivity contribution >= 4 is 11.6 Å². The molecular formula is C10H11ClF2O2. The molecule has 0 aromatic heterocycles. The molecule has 0 bridgehead atoms. The molecule has 0 spiro atoms. The van der Waals surface area contributed by atoms with Gasteiger partial charge in [0.15, 0.2) is 11.6 Å². The van der Waals surface area contributed by atoms with Crippen molar-refractivity contribution in [1.82, 2.24) is 0 Å². The van der Waals surface area contributed by atoms with Crippen molar-refractivity contribution in [2.75, 3.05) is 7.11 Å². The molecule has 5 heteroatoms. The summed E-state index contributed by atoms with van der Waals surface area (Å²) in [4.78, 5) is 0. The molecule has 0 amide bonds. The van der Waals surface area contributed by atoms with Crippen LogP contribution in [0.25, 0.3) is 0 Å². The average molecular weight is 237 g/mol. The molecule has 84 valence electrons. The third-order valence-corrected chi connectivity index (χ3v) is 2.26. The Morgan fingerprint density at radius 2 is 1.93 bits per heavy atom. The van der Waals surface area contributed by atoms with E-state index in [4.69, 9.17) is 11.6 Å². The van der Waals surface area contributed by atoms with Gasteiger partial charge >= 0.3 is 0 Å². The Balaban J connectivity index is 3.15. The van der Waals surface area contributed by atoms with Crippen molar-refractivity contribution in [1.29, 1.82) is 0 Å². The second-order valence-electron chi connectivity index (χ2n) is 3.13. The number of hydrogen-bond acceptors (Lipinski definition) is 2. The van der Waals surface area contributed by atoms with Crippen LogP contribution in [0.3, 0.4) is 0 Å². The van der Waals surface area contributed by atoms with Crippen molar-refractivity contribution in [2.24, 2.45) is 0 Å². The SMILES string of the molecule is COc1cc(F)c(C(O)C(C)Cl)cc1F. The van der Waals surface area contributed by atoms with Gasteiger partial charge in [-0.2, -0.15) is 0 Å². The number of rotatable bonds is 3. The van der Waals surface area contributed by atoms with Crippen LogP contribution in [0, 0.1) is 11.6 Å². The molecule has 15 heavy (non-hydrogen) atoms. The van der Waals surface area contributed by atoms with Crippen molar-refractivity contribution in [3.05, 3.63) is 29.3 Å². The van der Waals surface area contributed by atoms with E-state index in [2.05, 4.69) is 4.74 Å². The first-order valence-corrected chi connectivity index (χ1v) is 4.76. The number of hydrogen-bond donors (Lipinski definition) is 1. The molecule has 1 aromatic carbocycles. The van der Waals surface area contributed by atoms with Crippen LogP contribution in [0.1, 0.15) is 18.6 Å². The van der Waals surface area contributed by atoms with E-state index in [1.807, 2.05) is 0 Å². The summed E-state index contributed by atoms with van der Waals surface area (Å²) in [5.41, 5.74) is -0.171. The fraction of sp³-hybridized carbons (Fsp3) is 0.400. The van der Waals surface area contributed by atoms with E-state index in [1.54, 1.807) is 0 Å². The Kier molecular flexibility index (Phi) is 3.88. The molecule has 0 radical (unpaired) electrons. The van der Waals surface area contributed by atoms with E-state index in [0.717, 1.165) is 12.1 Å². The number of alkyl halides is 1. The molecule has 2 nitrogen and oxygen atoms in total. The first-order valence-electron chi connectivity index (χ1n) is 4.32.